The second-order valence-corrected chi connectivity index (χ2v) is 12.4. The molecule has 3 N–H and O–H groups in total. The van der Waals surface area contributed by atoms with E-state index in [0.717, 1.165) is 38.2 Å². The van der Waals surface area contributed by atoms with E-state index in [4.69, 9.17) is 5.26 Å². The number of hydrogen-bond acceptors (Lipinski definition) is 6. The molecule has 12 heteroatoms. The van der Waals surface area contributed by atoms with Crippen LogP contribution < -0.4 is 10.6 Å². The molecule has 9 nitrogen and oxygen atoms in total. The van der Waals surface area contributed by atoms with Crippen molar-refractivity contribution >= 4 is 19.4 Å². The highest BCUT2D eigenvalue weighted by Crippen LogP contribution is 2.63. The number of fused-ring (bicyclic) bond motifs is 1. The molecule has 2 amide bonds. The summed E-state index contributed by atoms with van der Waals surface area (Å²) in [4.78, 5) is 38.3. The van der Waals surface area contributed by atoms with Crippen molar-refractivity contribution < 1.29 is 32.4 Å². The Morgan fingerprint density at radius 3 is 2.43 bits per heavy atom. The summed E-state index contributed by atoms with van der Waals surface area (Å²) in [6.07, 6.45) is 1.64. The molecule has 2 unspecified atom stereocenters. The zero-order chi connectivity index (χ0) is 31.7. The van der Waals surface area contributed by atoms with Gasteiger partial charge in [0.05, 0.1) is 18.2 Å². The Labute approximate surface area is 255 Å². The SMILES string of the molecule is CCOP(=O)(O)C(F)(F)c1ccc(CC(NC(=O)c2ccc(C#N)cc2)C(=O)NCCCN2CCc3ccccc3C2)cc1. The molecule has 0 saturated heterocycles. The number of carbonyl (C=O) groups is 2. The summed E-state index contributed by atoms with van der Waals surface area (Å²) in [6, 6.07) is 19.8. The van der Waals surface area contributed by atoms with Gasteiger partial charge in [0, 0.05) is 43.7 Å². The Hall–Kier alpha value is -3.94. The average Bonchev–Trinajstić information content (AvgIpc) is 3.02. The minimum Gasteiger partial charge on any atom is -0.354 e. The maximum absolute atomic E-state index is 14.7. The van der Waals surface area contributed by atoms with E-state index in [1.54, 1.807) is 0 Å². The van der Waals surface area contributed by atoms with Gasteiger partial charge in [0.25, 0.3) is 5.91 Å². The highest BCUT2D eigenvalue weighted by Gasteiger charge is 2.52. The molecule has 0 spiro atoms. The van der Waals surface area contributed by atoms with Crippen LogP contribution in [0.4, 0.5) is 8.78 Å². The Kier molecular flexibility index (Phi) is 11.0. The monoisotopic (exact) mass is 624 g/mol. The van der Waals surface area contributed by atoms with Crippen molar-refractivity contribution in [2.45, 2.75) is 44.4 Å². The number of nitriles is 1. The van der Waals surface area contributed by atoms with E-state index < -0.39 is 36.7 Å². The summed E-state index contributed by atoms with van der Waals surface area (Å²) in [7, 11) is -5.25. The second kappa shape index (κ2) is 14.7. The maximum atomic E-state index is 14.7. The van der Waals surface area contributed by atoms with Gasteiger partial charge < -0.3 is 20.1 Å². The minimum atomic E-state index is -5.25. The van der Waals surface area contributed by atoms with Gasteiger partial charge in [-0.05, 0) is 60.7 Å². The van der Waals surface area contributed by atoms with E-state index in [2.05, 4.69) is 32.2 Å². The Balaban J connectivity index is 1.41. The van der Waals surface area contributed by atoms with Crippen LogP contribution in [0.1, 0.15) is 51.5 Å². The Morgan fingerprint density at radius 2 is 1.77 bits per heavy atom. The third-order valence-electron chi connectivity index (χ3n) is 7.46. The van der Waals surface area contributed by atoms with Gasteiger partial charge in [-0.25, -0.2) is 0 Å². The Morgan fingerprint density at radius 1 is 1.09 bits per heavy atom. The van der Waals surface area contributed by atoms with Gasteiger partial charge in [-0.3, -0.25) is 19.1 Å². The first-order valence-electron chi connectivity index (χ1n) is 14.4. The van der Waals surface area contributed by atoms with E-state index in [1.807, 2.05) is 18.2 Å². The van der Waals surface area contributed by atoms with Crippen molar-refractivity contribution in [2.75, 3.05) is 26.2 Å². The van der Waals surface area contributed by atoms with E-state index >= 15 is 0 Å². The first kappa shape index (κ1) is 33.0. The molecule has 1 aliphatic rings. The van der Waals surface area contributed by atoms with E-state index in [9.17, 15) is 27.8 Å². The highest BCUT2D eigenvalue weighted by molar-refractivity contribution is 7.53. The van der Waals surface area contributed by atoms with E-state index in [0.29, 0.717) is 24.1 Å². The van der Waals surface area contributed by atoms with Crippen molar-refractivity contribution in [3.05, 3.63) is 106 Å². The van der Waals surface area contributed by atoms with Crippen molar-refractivity contribution in [1.82, 2.24) is 15.5 Å². The molecule has 4 rings (SSSR count). The van der Waals surface area contributed by atoms with Crippen molar-refractivity contribution in [3.63, 3.8) is 0 Å². The molecular formula is C32H35F2N4O5P. The lowest BCUT2D eigenvalue weighted by atomic mass is 10.00. The Bertz CT molecular complexity index is 1540. The minimum absolute atomic E-state index is 0.0230. The number of nitrogens with zero attached hydrogens (tertiary/aromatic N) is 2. The van der Waals surface area contributed by atoms with Gasteiger partial charge in [0.2, 0.25) is 5.91 Å². The summed E-state index contributed by atoms with van der Waals surface area (Å²) >= 11 is 0. The quantitative estimate of drug-likeness (QED) is 0.185. The van der Waals surface area contributed by atoms with Crippen LogP contribution in [0.5, 0.6) is 0 Å². The molecule has 0 bridgehead atoms. The van der Waals surface area contributed by atoms with Crippen LogP contribution in [0.3, 0.4) is 0 Å². The second-order valence-electron chi connectivity index (χ2n) is 10.5. The summed E-state index contributed by atoms with van der Waals surface area (Å²) in [5, 5.41) is 14.6. The van der Waals surface area contributed by atoms with Crippen LogP contribution in [0.2, 0.25) is 0 Å². The fourth-order valence-corrected chi connectivity index (χ4v) is 6.01. The molecule has 0 aliphatic carbocycles. The fourth-order valence-electron chi connectivity index (χ4n) is 5.03. The summed E-state index contributed by atoms with van der Waals surface area (Å²) in [6.45, 7) is 3.91. The molecule has 2 atom stereocenters. The third-order valence-corrected chi connectivity index (χ3v) is 9.03. The summed E-state index contributed by atoms with van der Waals surface area (Å²) < 4.78 is 45.8. The number of benzene rings is 3. The van der Waals surface area contributed by atoms with Crippen molar-refractivity contribution in [3.8, 4) is 6.07 Å². The maximum Gasteiger partial charge on any atom is 0.401 e. The van der Waals surface area contributed by atoms with Gasteiger partial charge in [0.1, 0.15) is 6.04 Å². The molecule has 0 radical (unpaired) electrons. The lowest BCUT2D eigenvalue weighted by Gasteiger charge is -2.28. The first-order valence-corrected chi connectivity index (χ1v) is 15.9. The van der Waals surface area contributed by atoms with Crippen LogP contribution in [-0.2, 0) is 38.9 Å². The molecule has 3 aromatic carbocycles. The molecule has 44 heavy (non-hydrogen) atoms. The lowest BCUT2D eigenvalue weighted by Crippen LogP contribution is -2.48. The van der Waals surface area contributed by atoms with E-state index in [1.165, 1.54) is 54.4 Å². The molecule has 232 valence electrons. The number of carbonyl (C=O) groups excluding carboxylic acids is 2. The van der Waals surface area contributed by atoms with Crippen molar-refractivity contribution in [2.24, 2.45) is 0 Å². The number of rotatable bonds is 13. The number of amides is 2. The molecule has 0 aromatic heterocycles. The molecule has 3 aromatic rings. The number of hydrogen-bond donors (Lipinski definition) is 3. The summed E-state index contributed by atoms with van der Waals surface area (Å²) in [5.74, 6) is -0.982. The standard InChI is InChI=1S/C32H35F2N4O5P/c1-2-43-44(41,42)32(33,34)28-14-10-23(11-15-28)20-29(37-30(39)26-12-8-24(21-35)9-13-26)31(40)36-17-5-18-38-19-16-25-6-3-4-7-27(25)22-38/h3-4,6-15,29H,2,5,16-20,22H2,1H3,(H,36,40)(H,37,39)(H,41,42). The largest absolute Gasteiger partial charge is 0.401 e. The number of nitrogens with one attached hydrogen (secondary N) is 2. The van der Waals surface area contributed by atoms with Gasteiger partial charge in [-0.15, -0.1) is 0 Å². The molecular weight excluding hydrogens is 589 g/mol. The lowest BCUT2D eigenvalue weighted by molar-refractivity contribution is -0.123. The van der Waals surface area contributed by atoms with Crippen LogP contribution in [0.25, 0.3) is 0 Å². The van der Waals surface area contributed by atoms with E-state index in [-0.39, 0.29) is 18.6 Å². The zero-order valence-corrected chi connectivity index (χ0v) is 25.2. The number of alkyl halides is 2. The smallest absolute Gasteiger partial charge is 0.354 e. The predicted octanol–water partition coefficient (Wildman–Crippen LogP) is 4.74. The van der Waals surface area contributed by atoms with Gasteiger partial charge in [0.15, 0.2) is 0 Å². The van der Waals surface area contributed by atoms with Gasteiger partial charge in [-0.1, -0.05) is 48.5 Å². The van der Waals surface area contributed by atoms with Gasteiger partial charge in [-0.2, -0.15) is 14.0 Å². The third kappa shape index (κ3) is 8.16. The van der Waals surface area contributed by atoms with Crippen LogP contribution >= 0.6 is 7.60 Å². The van der Waals surface area contributed by atoms with Crippen LogP contribution in [0, 0.1) is 11.3 Å². The molecule has 0 fully saturated rings. The highest BCUT2D eigenvalue weighted by atomic mass is 31.2. The topological polar surface area (TPSA) is 132 Å². The zero-order valence-electron chi connectivity index (χ0n) is 24.3. The first-order chi connectivity index (χ1) is 21.0. The molecule has 0 saturated carbocycles. The fraction of sp³-hybridized carbons (Fsp3) is 0.344. The molecule has 1 aliphatic heterocycles. The summed E-state index contributed by atoms with van der Waals surface area (Å²) in [5.41, 5.74) is -1.10. The van der Waals surface area contributed by atoms with Gasteiger partial charge >= 0.3 is 13.3 Å². The van der Waals surface area contributed by atoms with Crippen LogP contribution in [-0.4, -0.2) is 53.9 Å². The average molecular weight is 625 g/mol. The normalized spacial score (nSPS) is 15.3. The predicted molar refractivity (Wildman–Crippen MR) is 161 cm³/mol. The van der Waals surface area contributed by atoms with Crippen LogP contribution in [0.15, 0.2) is 72.8 Å². The van der Waals surface area contributed by atoms with Crippen molar-refractivity contribution in [1.29, 1.82) is 5.26 Å². The molecule has 1 heterocycles. The number of halogens is 2.